The van der Waals surface area contributed by atoms with Crippen LogP contribution in [0.4, 0.5) is 17.3 Å². The Morgan fingerprint density at radius 2 is 1.86 bits per heavy atom. The number of piperidine rings is 1. The minimum Gasteiger partial charge on any atom is -0.394 e. The fraction of sp³-hybridized carbons (Fsp3) is 0.577. The van der Waals surface area contributed by atoms with Crippen LogP contribution in [0.3, 0.4) is 0 Å². The first-order chi connectivity index (χ1) is 16.5. The average Bonchev–Trinajstić information content (AvgIpc) is 3.56. The van der Waals surface area contributed by atoms with Gasteiger partial charge in [0.1, 0.15) is 5.82 Å². The summed E-state index contributed by atoms with van der Waals surface area (Å²) in [5.74, 6) is 0.865. The van der Waals surface area contributed by atoms with Gasteiger partial charge in [-0.3, -0.25) is 9.52 Å². The van der Waals surface area contributed by atoms with Crippen LogP contribution in [0, 0.1) is 5.41 Å². The van der Waals surface area contributed by atoms with Gasteiger partial charge in [0, 0.05) is 29.2 Å². The highest BCUT2D eigenvalue weighted by Gasteiger charge is 2.45. The van der Waals surface area contributed by atoms with Gasteiger partial charge in [0.2, 0.25) is 0 Å². The third-order valence-corrected chi connectivity index (χ3v) is 7.68. The lowest BCUT2D eigenvalue weighted by molar-refractivity contribution is 0.102. The zero-order chi connectivity index (χ0) is 25.3. The zero-order valence-electron chi connectivity index (χ0n) is 21.4. The predicted octanol–water partition coefficient (Wildman–Crippen LogP) is 4.69. The van der Waals surface area contributed by atoms with Crippen LogP contribution >= 0.6 is 11.9 Å². The van der Waals surface area contributed by atoms with Gasteiger partial charge >= 0.3 is 0 Å². The maximum absolute atomic E-state index is 13.4. The molecular formula is C26H38N6O2S. The Hall–Kier alpha value is -2.36. The predicted molar refractivity (Wildman–Crippen MR) is 143 cm³/mol. The van der Waals surface area contributed by atoms with Gasteiger partial charge in [-0.1, -0.05) is 6.07 Å². The lowest BCUT2D eigenvalue weighted by Crippen LogP contribution is -2.38. The SMILES string of the molecule is CC(C)(C)NSc1cccc(NC(=O)c2ncc(NC(C)(C)CO)nc2N2CCC3(CC2)CC3)c1. The molecule has 0 radical (unpaired) electrons. The van der Waals surface area contributed by atoms with Crippen LogP contribution in [0.15, 0.2) is 35.4 Å². The molecule has 2 aliphatic rings. The largest absolute Gasteiger partial charge is 0.394 e. The van der Waals surface area contributed by atoms with Crippen molar-refractivity contribution in [1.82, 2.24) is 14.7 Å². The van der Waals surface area contributed by atoms with Crippen molar-refractivity contribution in [2.24, 2.45) is 5.41 Å². The molecule has 8 nitrogen and oxygen atoms in total. The first-order valence-electron chi connectivity index (χ1n) is 12.3. The molecule has 0 bridgehead atoms. The normalized spacial score (nSPS) is 17.4. The highest BCUT2D eigenvalue weighted by atomic mass is 32.2. The number of rotatable bonds is 8. The van der Waals surface area contributed by atoms with E-state index in [4.69, 9.17) is 4.98 Å². The van der Waals surface area contributed by atoms with Crippen molar-refractivity contribution in [2.75, 3.05) is 35.2 Å². The highest BCUT2D eigenvalue weighted by Crippen LogP contribution is 2.54. The van der Waals surface area contributed by atoms with Gasteiger partial charge in [0.15, 0.2) is 11.5 Å². The van der Waals surface area contributed by atoms with Gasteiger partial charge < -0.3 is 20.6 Å². The lowest BCUT2D eigenvalue weighted by atomic mass is 9.93. The number of nitrogens with zero attached hydrogens (tertiary/aromatic N) is 3. The molecule has 1 saturated carbocycles. The van der Waals surface area contributed by atoms with Crippen LogP contribution < -0.4 is 20.3 Å². The van der Waals surface area contributed by atoms with Crippen molar-refractivity contribution in [3.8, 4) is 0 Å². The number of benzene rings is 1. The van der Waals surface area contributed by atoms with Crippen molar-refractivity contribution < 1.29 is 9.90 Å². The van der Waals surface area contributed by atoms with E-state index < -0.39 is 5.54 Å². The fourth-order valence-electron chi connectivity index (χ4n) is 4.12. The van der Waals surface area contributed by atoms with Gasteiger partial charge in [-0.15, -0.1) is 0 Å². The maximum Gasteiger partial charge on any atom is 0.278 e. The second-order valence-electron chi connectivity index (χ2n) is 11.5. The van der Waals surface area contributed by atoms with Crippen molar-refractivity contribution in [2.45, 2.75) is 76.3 Å². The van der Waals surface area contributed by atoms with Gasteiger partial charge in [-0.2, -0.15) is 0 Å². The summed E-state index contributed by atoms with van der Waals surface area (Å²) < 4.78 is 3.39. The van der Waals surface area contributed by atoms with E-state index in [2.05, 4.69) is 46.0 Å². The molecule has 1 saturated heterocycles. The molecule has 0 unspecified atom stereocenters. The van der Waals surface area contributed by atoms with Gasteiger partial charge in [0.25, 0.3) is 5.91 Å². The molecule has 1 aliphatic carbocycles. The molecule has 190 valence electrons. The molecule has 2 heterocycles. The minimum atomic E-state index is -0.547. The van der Waals surface area contributed by atoms with Crippen molar-refractivity contribution in [3.05, 3.63) is 36.2 Å². The average molecular weight is 499 g/mol. The van der Waals surface area contributed by atoms with Crippen LogP contribution in [0.2, 0.25) is 0 Å². The molecule has 2 aromatic rings. The van der Waals surface area contributed by atoms with Gasteiger partial charge in [-0.25, -0.2) is 9.97 Å². The van der Waals surface area contributed by atoms with E-state index in [0.717, 1.165) is 30.8 Å². The first kappa shape index (κ1) is 25.7. The van der Waals surface area contributed by atoms with E-state index in [0.29, 0.717) is 28.4 Å². The Kier molecular flexibility index (Phi) is 7.31. The smallest absolute Gasteiger partial charge is 0.278 e. The second kappa shape index (κ2) is 9.95. The molecule has 1 amide bonds. The topological polar surface area (TPSA) is 102 Å². The van der Waals surface area contributed by atoms with E-state index in [-0.39, 0.29) is 18.1 Å². The van der Waals surface area contributed by atoms with Crippen LogP contribution in [-0.2, 0) is 0 Å². The number of hydrogen-bond donors (Lipinski definition) is 4. The standard InChI is InChI=1S/C26H38N6O2S/c1-24(2,3)31-35-19-8-6-7-18(15-19)28-23(34)21-22(32-13-11-26(9-10-26)12-14-32)29-20(16-27-21)30-25(4,5)17-33/h6-8,15-16,31,33H,9-14,17H2,1-5H3,(H,28,34)(H,29,30). The third-order valence-electron chi connectivity index (χ3n) is 6.48. The molecule has 2 fully saturated rings. The van der Waals surface area contributed by atoms with Crippen molar-refractivity contribution in [1.29, 1.82) is 0 Å². The van der Waals surface area contributed by atoms with E-state index in [1.165, 1.54) is 24.8 Å². The number of hydrogen-bond acceptors (Lipinski definition) is 8. The monoisotopic (exact) mass is 498 g/mol. The summed E-state index contributed by atoms with van der Waals surface area (Å²) in [7, 11) is 0. The molecule has 1 aromatic heterocycles. The fourth-order valence-corrected chi connectivity index (χ4v) is 4.87. The van der Waals surface area contributed by atoms with Crippen molar-refractivity contribution >= 4 is 35.2 Å². The number of amides is 1. The number of aliphatic hydroxyl groups excluding tert-OH is 1. The van der Waals surface area contributed by atoms with E-state index in [1.807, 2.05) is 38.1 Å². The molecule has 1 aromatic carbocycles. The summed E-state index contributed by atoms with van der Waals surface area (Å²) in [6.45, 7) is 11.8. The molecular weight excluding hydrogens is 460 g/mol. The Labute approximate surface area is 212 Å². The Morgan fingerprint density at radius 1 is 1.14 bits per heavy atom. The van der Waals surface area contributed by atoms with Crippen LogP contribution in [0.1, 0.15) is 70.8 Å². The summed E-state index contributed by atoms with van der Waals surface area (Å²) in [4.78, 5) is 25.9. The quantitative estimate of drug-likeness (QED) is 0.389. The van der Waals surface area contributed by atoms with Crippen LogP contribution in [0.25, 0.3) is 0 Å². The number of nitrogens with one attached hydrogen (secondary N) is 3. The third kappa shape index (κ3) is 6.86. The number of anilines is 3. The molecule has 0 atom stereocenters. The van der Waals surface area contributed by atoms with Gasteiger partial charge in [-0.05, 0) is 95.9 Å². The number of carbonyl (C=O) groups is 1. The summed E-state index contributed by atoms with van der Waals surface area (Å²) in [5, 5.41) is 15.9. The lowest BCUT2D eigenvalue weighted by Gasteiger charge is -2.34. The minimum absolute atomic E-state index is 0.0255. The molecule has 35 heavy (non-hydrogen) atoms. The zero-order valence-corrected chi connectivity index (χ0v) is 22.3. The summed E-state index contributed by atoms with van der Waals surface area (Å²) in [5.41, 5.74) is 0.967. The van der Waals surface area contributed by atoms with Crippen LogP contribution in [0.5, 0.6) is 0 Å². The molecule has 9 heteroatoms. The Bertz CT molecular complexity index is 1050. The Balaban J connectivity index is 1.55. The summed E-state index contributed by atoms with van der Waals surface area (Å²) >= 11 is 1.54. The van der Waals surface area contributed by atoms with Gasteiger partial charge in [0.05, 0.1) is 18.3 Å². The van der Waals surface area contributed by atoms with Crippen LogP contribution in [-0.4, -0.2) is 51.8 Å². The number of aliphatic hydroxyl groups is 1. The Morgan fingerprint density at radius 3 is 2.49 bits per heavy atom. The summed E-state index contributed by atoms with van der Waals surface area (Å²) in [6.07, 6.45) is 6.43. The molecule has 4 N–H and O–H groups in total. The highest BCUT2D eigenvalue weighted by molar-refractivity contribution is 7.97. The number of aromatic nitrogens is 2. The van der Waals surface area contributed by atoms with E-state index in [1.54, 1.807) is 6.20 Å². The maximum atomic E-state index is 13.4. The van der Waals surface area contributed by atoms with E-state index >= 15 is 0 Å². The van der Waals surface area contributed by atoms with Crippen molar-refractivity contribution in [3.63, 3.8) is 0 Å². The molecule has 4 rings (SSSR count). The molecule has 1 aliphatic heterocycles. The second-order valence-corrected chi connectivity index (χ2v) is 12.4. The summed E-state index contributed by atoms with van der Waals surface area (Å²) in [6, 6.07) is 7.77. The number of carbonyl (C=O) groups excluding carboxylic acids is 1. The first-order valence-corrected chi connectivity index (χ1v) is 13.2. The van der Waals surface area contributed by atoms with E-state index in [9.17, 15) is 9.90 Å². The molecule has 1 spiro atoms.